The van der Waals surface area contributed by atoms with Crippen molar-refractivity contribution in [2.75, 3.05) is 31.2 Å². The molecule has 1 aliphatic heterocycles. The molecular formula is C9H14N4O2S2. The van der Waals surface area contributed by atoms with Gasteiger partial charge in [0.25, 0.3) is 0 Å². The lowest BCUT2D eigenvalue weighted by molar-refractivity contribution is -0.133. The van der Waals surface area contributed by atoms with Gasteiger partial charge in [-0.25, -0.2) is 0 Å². The van der Waals surface area contributed by atoms with Gasteiger partial charge in [-0.15, -0.1) is 10.2 Å². The quantitative estimate of drug-likeness (QED) is 0.770. The SMILES string of the molecule is CN1CCC(Nc2nnc(SCC(=O)O)s2)C1. The van der Waals surface area contributed by atoms with Gasteiger partial charge in [-0.05, 0) is 20.0 Å². The minimum Gasteiger partial charge on any atom is -0.481 e. The van der Waals surface area contributed by atoms with Crippen LogP contribution in [0.3, 0.4) is 0 Å². The van der Waals surface area contributed by atoms with E-state index in [2.05, 4.69) is 27.5 Å². The van der Waals surface area contributed by atoms with Crippen LogP contribution in [0, 0.1) is 0 Å². The van der Waals surface area contributed by atoms with Crippen molar-refractivity contribution < 1.29 is 9.90 Å². The zero-order valence-corrected chi connectivity index (χ0v) is 11.1. The number of likely N-dealkylation sites (tertiary alicyclic amines) is 1. The van der Waals surface area contributed by atoms with Crippen molar-refractivity contribution >= 4 is 34.2 Å². The molecule has 17 heavy (non-hydrogen) atoms. The summed E-state index contributed by atoms with van der Waals surface area (Å²) in [6, 6.07) is 0.422. The van der Waals surface area contributed by atoms with Crippen molar-refractivity contribution in [3.63, 3.8) is 0 Å². The molecule has 1 aliphatic rings. The molecule has 1 unspecified atom stereocenters. The van der Waals surface area contributed by atoms with E-state index < -0.39 is 5.97 Å². The molecule has 0 aromatic carbocycles. The Kier molecular flexibility index (Phi) is 4.19. The summed E-state index contributed by atoms with van der Waals surface area (Å²) in [6.45, 7) is 2.11. The molecule has 1 saturated heterocycles. The average molecular weight is 274 g/mol. The zero-order chi connectivity index (χ0) is 12.3. The molecule has 0 amide bonds. The van der Waals surface area contributed by atoms with E-state index in [0.29, 0.717) is 10.4 Å². The van der Waals surface area contributed by atoms with E-state index in [-0.39, 0.29) is 5.75 Å². The standard InChI is InChI=1S/C9H14N4O2S2/c1-13-3-2-6(4-13)10-8-11-12-9(17-8)16-5-7(14)15/h6H,2-5H2,1H3,(H,10,11)(H,14,15). The molecule has 1 aromatic rings. The molecule has 2 N–H and O–H groups in total. The molecule has 0 saturated carbocycles. The molecule has 0 radical (unpaired) electrons. The number of carboxylic acids is 1. The summed E-state index contributed by atoms with van der Waals surface area (Å²) >= 11 is 2.61. The number of hydrogen-bond donors (Lipinski definition) is 2. The number of nitrogens with one attached hydrogen (secondary N) is 1. The molecule has 0 aliphatic carbocycles. The van der Waals surface area contributed by atoms with Gasteiger partial charge in [0.05, 0.1) is 5.75 Å². The monoisotopic (exact) mass is 274 g/mol. The molecule has 0 spiro atoms. The van der Waals surface area contributed by atoms with E-state index in [1.807, 2.05) is 0 Å². The van der Waals surface area contributed by atoms with Crippen LogP contribution in [0.5, 0.6) is 0 Å². The summed E-state index contributed by atoms with van der Waals surface area (Å²) in [5.41, 5.74) is 0. The van der Waals surface area contributed by atoms with Gasteiger partial charge in [0.2, 0.25) is 5.13 Å². The zero-order valence-electron chi connectivity index (χ0n) is 9.42. The van der Waals surface area contributed by atoms with E-state index in [9.17, 15) is 4.79 Å². The predicted molar refractivity (Wildman–Crippen MR) is 67.8 cm³/mol. The normalized spacial score (nSPS) is 20.6. The van der Waals surface area contributed by atoms with Gasteiger partial charge in [0, 0.05) is 12.6 Å². The van der Waals surface area contributed by atoms with Crippen molar-refractivity contribution in [2.45, 2.75) is 16.8 Å². The number of rotatable bonds is 5. The number of likely N-dealkylation sites (N-methyl/N-ethyl adjacent to an activating group) is 1. The highest BCUT2D eigenvalue weighted by Crippen LogP contribution is 2.26. The van der Waals surface area contributed by atoms with Crippen molar-refractivity contribution in [1.29, 1.82) is 0 Å². The van der Waals surface area contributed by atoms with Gasteiger partial charge in [-0.2, -0.15) is 0 Å². The number of hydrogen-bond acceptors (Lipinski definition) is 7. The number of aromatic nitrogens is 2. The van der Waals surface area contributed by atoms with E-state index in [1.165, 1.54) is 23.1 Å². The van der Waals surface area contributed by atoms with Crippen molar-refractivity contribution in [3.05, 3.63) is 0 Å². The smallest absolute Gasteiger partial charge is 0.313 e. The third kappa shape index (κ3) is 3.83. The Hall–Kier alpha value is -0.860. The first-order chi connectivity index (χ1) is 8.13. The summed E-state index contributed by atoms with van der Waals surface area (Å²) in [4.78, 5) is 12.7. The molecular weight excluding hydrogens is 260 g/mol. The second-order valence-electron chi connectivity index (χ2n) is 3.95. The van der Waals surface area contributed by atoms with Crippen LogP contribution in [0.15, 0.2) is 4.34 Å². The average Bonchev–Trinajstić information content (AvgIpc) is 2.86. The van der Waals surface area contributed by atoms with Crippen LogP contribution in [0.25, 0.3) is 0 Å². The highest BCUT2D eigenvalue weighted by molar-refractivity contribution is 8.01. The summed E-state index contributed by atoms with van der Waals surface area (Å²) < 4.78 is 0.696. The Morgan fingerprint density at radius 2 is 2.53 bits per heavy atom. The minimum atomic E-state index is -0.836. The first kappa shape index (κ1) is 12.6. The lowest BCUT2D eigenvalue weighted by Gasteiger charge is -2.10. The molecule has 2 heterocycles. The first-order valence-corrected chi connectivity index (χ1v) is 7.07. The maximum Gasteiger partial charge on any atom is 0.313 e. The lowest BCUT2D eigenvalue weighted by Crippen LogP contribution is -2.23. The molecule has 8 heteroatoms. The molecule has 1 aromatic heterocycles. The third-order valence-electron chi connectivity index (χ3n) is 2.44. The summed E-state index contributed by atoms with van der Waals surface area (Å²) in [5, 5.41) is 20.6. The van der Waals surface area contributed by atoms with Gasteiger partial charge in [-0.3, -0.25) is 4.79 Å². The first-order valence-electron chi connectivity index (χ1n) is 5.26. The van der Waals surface area contributed by atoms with E-state index in [4.69, 9.17) is 5.11 Å². The highest BCUT2D eigenvalue weighted by atomic mass is 32.2. The molecule has 1 fully saturated rings. The Balaban J connectivity index is 1.83. The third-order valence-corrected chi connectivity index (χ3v) is 4.42. The predicted octanol–water partition coefficient (Wildman–Crippen LogP) is 0.831. The van der Waals surface area contributed by atoms with Crippen molar-refractivity contribution in [3.8, 4) is 0 Å². The van der Waals surface area contributed by atoms with Gasteiger partial charge in [0.15, 0.2) is 4.34 Å². The fourth-order valence-corrected chi connectivity index (χ4v) is 3.23. The van der Waals surface area contributed by atoms with Crippen LogP contribution in [0.4, 0.5) is 5.13 Å². The Morgan fingerprint density at radius 3 is 3.18 bits per heavy atom. The van der Waals surface area contributed by atoms with Gasteiger partial charge >= 0.3 is 5.97 Å². The minimum absolute atomic E-state index is 0.0286. The lowest BCUT2D eigenvalue weighted by atomic mass is 10.3. The Bertz CT molecular complexity index is 398. The highest BCUT2D eigenvalue weighted by Gasteiger charge is 2.20. The van der Waals surface area contributed by atoms with Crippen LogP contribution < -0.4 is 5.32 Å². The maximum absolute atomic E-state index is 10.4. The van der Waals surface area contributed by atoms with Gasteiger partial charge < -0.3 is 15.3 Å². The second kappa shape index (κ2) is 5.65. The fourth-order valence-electron chi connectivity index (χ4n) is 1.68. The molecule has 6 nitrogen and oxygen atoms in total. The summed E-state index contributed by atoms with van der Waals surface area (Å²) in [5.74, 6) is -0.807. The Labute approximate surface area is 107 Å². The van der Waals surface area contributed by atoms with Gasteiger partial charge in [0.1, 0.15) is 0 Å². The number of anilines is 1. The second-order valence-corrected chi connectivity index (χ2v) is 6.15. The van der Waals surface area contributed by atoms with Crippen LogP contribution in [0.2, 0.25) is 0 Å². The number of nitrogens with zero attached hydrogens (tertiary/aromatic N) is 3. The van der Waals surface area contributed by atoms with E-state index in [1.54, 1.807) is 0 Å². The molecule has 2 rings (SSSR count). The van der Waals surface area contributed by atoms with Gasteiger partial charge in [-0.1, -0.05) is 23.1 Å². The van der Waals surface area contributed by atoms with Crippen LogP contribution in [0.1, 0.15) is 6.42 Å². The molecule has 1 atom stereocenters. The van der Waals surface area contributed by atoms with Crippen LogP contribution >= 0.6 is 23.1 Å². The number of thioether (sulfide) groups is 1. The summed E-state index contributed by atoms with van der Waals surface area (Å²) in [6.07, 6.45) is 1.10. The number of aliphatic carboxylic acids is 1. The van der Waals surface area contributed by atoms with Crippen LogP contribution in [-0.2, 0) is 4.79 Å². The Morgan fingerprint density at radius 1 is 1.71 bits per heavy atom. The van der Waals surface area contributed by atoms with E-state index >= 15 is 0 Å². The van der Waals surface area contributed by atoms with Crippen LogP contribution in [-0.4, -0.2) is 58.1 Å². The fraction of sp³-hybridized carbons (Fsp3) is 0.667. The largest absolute Gasteiger partial charge is 0.481 e. The van der Waals surface area contributed by atoms with Crippen molar-refractivity contribution in [1.82, 2.24) is 15.1 Å². The van der Waals surface area contributed by atoms with Crippen molar-refractivity contribution in [2.24, 2.45) is 0 Å². The van der Waals surface area contributed by atoms with E-state index in [0.717, 1.165) is 24.6 Å². The summed E-state index contributed by atoms with van der Waals surface area (Å²) in [7, 11) is 2.09. The topological polar surface area (TPSA) is 78.3 Å². The maximum atomic E-state index is 10.4. The molecule has 0 bridgehead atoms. The number of carboxylic acid groups (broad SMARTS) is 1. The molecule has 94 valence electrons. The number of carbonyl (C=O) groups is 1.